The topological polar surface area (TPSA) is 81.1 Å². The number of aromatic nitrogens is 2. The summed E-state index contributed by atoms with van der Waals surface area (Å²) < 4.78 is 25.0. The number of anilines is 1. The number of hydrogen-bond donors (Lipinski definition) is 1. The maximum atomic E-state index is 12.1. The molecule has 2 aromatic heterocycles. The van der Waals surface area contributed by atoms with Crippen LogP contribution in [0.1, 0.15) is 30.1 Å². The summed E-state index contributed by atoms with van der Waals surface area (Å²) in [6, 6.07) is 3.60. The molecule has 0 radical (unpaired) electrons. The van der Waals surface area contributed by atoms with E-state index < -0.39 is 9.84 Å². The van der Waals surface area contributed by atoms with E-state index in [1.54, 1.807) is 22.1 Å². The zero-order chi connectivity index (χ0) is 16.4. The van der Waals surface area contributed by atoms with Crippen molar-refractivity contribution in [1.82, 2.24) is 9.78 Å². The molecule has 6 nitrogen and oxygen atoms in total. The van der Waals surface area contributed by atoms with Crippen molar-refractivity contribution in [3.63, 3.8) is 0 Å². The van der Waals surface area contributed by atoms with E-state index in [9.17, 15) is 13.2 Å². The zero-order valence-corrected chi connectivity index (χ0v) is 14.5. The van der Waals surface area contributed by atoms with Gasteiger partial charge >= 0.3 is 0 Å². The summed E-state index contributed by atoms with van der Waals surface area (Å²) in [6.07, 6.45) is 1.63. The van der Waals surface area contributed by atoms with Crippen LogP contribution >= 0.6 is 11.3 Å². The number of nitrogens with one attached hydrogen (secondary N) is 1. The fourth-order valence-electron chi connectivity index (χ4n) is 2.75. The van der Waals surface area contributed by atoms with Gasteiger partial charge in [-0.2, -0.15) is 16.4 Å². The Balaban J connectivity index is 1.67. The van der Waals surface area contributed by atoms with E-state index in [0.29, 0.717) is 25.1 Å². The number of thiophene rings is 1. The number of sulfone groups is 1. The number of hydrogen-bond acceptors (Lipinski definition) is 5. The lowest BCUT2D eigenvalue weighted by Gasteiger charge is -2.13. The van der Waals surface area contributed by atoms with Gasteiger partial charge in [0, 0.05) is 12.5 Å². The molecule has 0 bridgehead atoms. The summed E-state index contributed by atoms with van der Waals surface area (Å²) >= 11 is 1.61. The molecule has 1 aliphatic heterocycles. The fraction of sp³-hybridized carbons (Fsp3) is 0.467. The summed E-state index contributed by atoms with van der Waals surface area (Å²) in [6.45, 7) is 1.83. The molecule has 1 fully saturated rings. The van der Waals surface area contributed by atoms with Crippen LogP contribution < -0.4 is 5.32 Å². The van der Waals surface area contributed by atoms with E-state index in [2.05, 4.69) is 10.4 Å². The van der Waals surface area contributed by atoms with Gasteiger partial charge in [0.1, 0.15) is 5.82 Å². The predicted octanol–water partition coefficient (Wildman–Crippen LogP) is 2.18. The van der Waals surface area contributed by atoms with Gasteiger partial charge in [0.15, 0.2) is 9.84 Å². The molecule has 0 saturated carbocycles. The number of carbonyl (C=O) groups excluding carboxylic acids is 1. The number of rotatable bonds is 5. The molecule has 1 aliphatic rings. The minimum absolute atomic E-state index is 0.0850. The minimum atomic E-state index is -2.99. The molecule has 1 amide bonds. The first-order chi connectivity index (χ1) is 10.9. The summed E-state index contributed by atoms with van der Waals surface area (Å²) in [5.41, 5.74) is 1.92. The van der Waals surface area contributed by atoms with Gasteiger partial charge in [-0.1, -0.05) is 0 Å². The van der Waals surface area contributed by atoms with E-state index in [0.717, 1.165) is 11.3 Å². The van der Waals surface area contributed by atoms with Crippen molar-refractivity contribution in [3.05, 3.63) is 34.2 Å². The molecule has 0 aromatic carbocycles. The average Bonchev–Trinajstić information content (AvgIpc) is 3.17. The normalized spacial score (nSPS) is 19.8. The third-order valence-electron chi connectivity index (χ3n) is 3.90. The van der Waals surface area contributed by atoms with Crippen molar-refractivity contribution in [2.24, 2.45) is 0 Å². The quantitative estimate of drug-likeness (QED) is 0.893. The second kappa shape index (κ2) is 6.45. The molecular weight excluding hydrogens is 334 g/mol. The van der Waals surface area contributed by atoms with E-state index >= 15 is 0 Å². The summed E-state index contributed by atoms with van der Waals surface area (Å²) in [5, 5.41) is 11.3. The minimum Gasteiger partial charge on any atom is -0.311 e. The van der Waals surface area contributed by atoms with Gasteiger partial charge in [-0.05, 0) is 42.2 Å². The summed E-state index contributed by atoms with van der Waals surface area (Å²) in [5.74, 6) is 0.770. The van der Waals surface area contributed by atoms with Crippen LogP contribution in [-0.4, -0.2) is 35.6 Å². The first-order valence-corrected chi connectivity index (χ1v) is 10.3. The smallest absolute Gasteiger partial charge is 0.225 e. The summed E-state index contributed by atoms with van der Waals surface area (Å²) in [4.78, 5) is 12.1. The first kappa shape index (κ1) is 16.2. The van der Waals surface area contributed by atoms with Gasteiger partial charge < -0.3 is 5.32 Å². The third kappa shape index (κ3) is 4.00. The fourth-order valence-corrected chi connectivity index (χ4v) is 5.15. The van der Waals surface area contributed by atoms with Crippen LogP contribution in [0.25, 0.3) is 0 Å². The maximum absolute atomic E-state index is 12.1. The van der Waals surface area contributed by atoms with Crippen LogP contribution in [0, 0.1) is 6.92 Å². The van der Waals surface area contributed by atoms with E-state index in [-0.39, 0.29) is 23.5 Å². The number of carbonyl (C=O) groups is 1. The highest BCUT2D eigenvalue weighted by Gasteiger charge is 2.31. The molecule has 23 heavy (non-hydrogen) atoms. The first-order valence-electron chi connectivity index (χ1n) is 7.50. The van der Waals surface area contributed by atoms with Crippen LogP contribution in [0.3, 0.4) is 0 Å². The highest BCUT2D eigenvalue weighted by Crippen LogP contribution is 2.27. The average molecular weight is 353 g/mol. The Morgan fingerprint density at radius 2 is 2.35 bits per heavy atom. The Bertz CT molecular complexity index is 794. The second-order valence-corrected chi connectivity index (χ2v) is 8.86. The van der Waals surface area contributed by atoms with Crippen molar-refractivity contribution in [3.8, 4) is 0 Å². The lowest BCUT2D eigenvalue weighted by Crippen LogP contribution is -2.19. The highest BCUT2D eigenvalue weighted by molar-refractivity contribution is 7.91. The van der Waals surface area contributed by atoms with E-state index in [4.69, 9.17) is 0 Å². The molecule has 8 heteroatoms. The molecule has 0 aliphatic carbocycles. The third-order valence-corrected chi connectivity index (χ3v) is 6.38. The molecule has 1 unspecified atom stereocenters. The van der Waals surface area contributed by atoms with Gasteiger partial charge in [0.05, 0.1) is 23.2 Å². The van der Waals surface area contributed by atoms with Crippen molar-refractivity contribution in [1.29, 1.82) is 0 Å². The van der Waals surface area contributed by atoms with Crippen LogP contribution in [0.4, 0.5) is 5.82 Å². The van der Waals surface area contributed by atoms with Crippen molar-refractivity contribution in [2.45, 2.75) is 32.2 Å². The van der Waals surface area contributed by atoms with Gasteiger partial charge in [-0.3, -0.25) is 4.79 Å². The Labute approximate surface area is 139 Å². The lowest BCUT2D eigenvalue weighted by atomic mass is 10.2. The Kier molecular flexibility index (Phi) is 4.54. The number of aryl methyl sites for hydroxylation is 2. The van der Waals surface area contributed by atoms with Gasteiger partial charge in [-0.25, -0.2) is 13.1 Å². The van der Waals surface area contributed by atoms with Crippen LogP contribution in [0.5, 0.6) is 0 Å². The highest BCUT2D eigenvalue weighted by atomic mass is 32.2. The molecule has 1 N–H and O–H groups in total. The van der Waals surface area contributed by atoms with Crippen molar-refractivity contribution >= 4 is 32.9 Å². The molecule has 3 heterocycles. The van der Waals surface area contributed by atoms with Crippen molar-refractivity contribution < 1.29 is 13.2 Å². The molecule has 1 atom stereocenters. The Morgan fingerprint density at radius 1 is 1.52 bits per heavy atom. The molecule has 0 spiro atoms. The maximum Gasteiger partial charge on any atom is 0.225 e. The van der Waals surface area contributed by atoms with Crippen LogP contribution in [0.15, 0.2) is 22.9 Å². The Hall–Kier alpha value is -1.67. The Morgan fingerprint density at radius 3 is 3.00 bits per heavy atom. The van der Waals surface area contributed by atoms with Gasteiger partial charge in [0.25, 0.3) is 0 Å². The van der Waals surface area contributed by atoms with Crippen LogP contribution in [0.2, 0.25) is 0 Å². The van der Waals surface area contributed by atoms with Crippen molar-refractivity contribution in [2.75, 3.05) is 16.8 Å². The zero-order valence-electron chi connectivity index (χ0n) is 12.9. The number of amides is 1. The lowest BCUT2D eigenvalue weighted by molar-refractivity contribution is -0.116. The van der Waals surface area contributed by atoms with E-state index in [1.165, 1.54) is 0 Å². The molecule has 2 aromatic rings. The largest absolute Gasteiger partial charge is 0.311 e. The molecular formula is C15H19N3O3S2. The number of nitrogens with zero attached hydrogens (tertiary/aromatic N) is 2. The predicted molar refractivity (Wildman–Crippen MR) is 90.5 cm³/mol. The molecule has 3 rings (SSSR count). The van der Waals surface area contributed by atoms with E-state index in [1.807, 2.05) is 23.8 Å². The monoisotopic (exact) mass is 353 g/mol. The SMILES string of the molecule is Cc1cc(NC(=O)CCc2ccsc2)n(C2CCS(=O)(=O)C2)n1. The molecule has 1 saturated heterocycles. The summed E-state index contributed by atoms with van der Waals surface area (Å²) in [7, 11) is -2.99. The second-order valence-electron chi connectivity index (χ2n) is 5.85. The molecule has 124 valence electrons. The van der Waals surface area contributed by atoms with Gasteiger partial charge in [-0.15, -0.1) is 0 Å². The van der Waals surface area contributed by atoms with Gasteiger partial charge in [0.2, 0.25) is 5.91 Å². The standard InChI is InChI=1S/C15H19N3O3S2/c1-11-8-14(16-15(19)3-2-12-4-6-22-9-12)18(17-11)13-5-7-23(20,21)10-13/h4,6,8-9,13H,2-3,5,7,10H2,1H3,(H,16,19). The van der Waals surface area contributed by atoms with Crippen LogP contribution in [-0.2, 0) is 21.1 Å².